The summed E-state index contributed by atoms with van der Waals surface area (Å²) in [5, 5.41) is 5.94. The molecule has 0 aromatic heterocycles. The fourth-order valence-corrected chi connectivity index (χ4v) is 2.91. The maximum atomic E-state index is 12.4. The van der Waals surface area contributed by atoms with Crippen molar-refractivity contribution in [2.24, 2.45) is 0 Å². The molecule has 2 rings (SSSR count). The molecule has 2 fully saturated rings. The van der Waals surface area contributed by atoms with Gasteiger partial charge in [0.2, 0.25) is 11.8 Å². The molecule has 5 heteroatoms. The molecule has 0 aromatic carbocycles. The van der Waals surface area contributed by atoms with Gasteiger partial charge in [0.05, 0.1) is 12.1 Å². The lowest BCUT2D eigenvalue weighted by atomic mass is 9.99. The summed E-state index contributed by atoms with van der Waals surface area (Å²) in [5.74, 6) is 0.0849. The lowest BCUT2D eigenvalue weighted by Crippen LogP contribution is -2.67. The number of nitrogens with zero attached hydrogens (tertiary/aromatic N) is 1. The quantitative estimate of drug-likeness (QED) is 0.704. The highest BCUT2D eigenvalue weighted by atomic mass is 16.2. The SMILES string of the molecule is C[C@@H]1NC(=O)[C@@H]2CCCN2[C@@H]1C(=O)NC(C)(C)C. The highest BCUT2D eigenvalue weighted by Crippen LogP contribution is 2.26. The Kier molecular flexibility index (Phi) is 3.36. The first-order valence-electron chi connectivity index (χ1n) is 6.68. The van der Waals surface area contributed by atoms with Crippen molar-refractivity contribution in [3.05, 3.63) is 0 Å². The van der Waals surface area contributed by atoms with Crippen LogP contribution in [-0.2, 0) is 9.59 Å². The van der Waals surface area contributed by atoms with Crippen molar-refractivity contribution in [2.45, 2.75) is 64.2 Å². The van der Waals surface area contributed by atoms with Gasteiger partial charge < -0.3 is 10.6 Å². The Morgan fingerprint density at radius 2 is 2.11 bits per heavy atom. The first-order valence-corrected chi connectivity index (χ1v) is 6.68. The van der Waals surface area contributed by atoms with Gasteiger partial charge in [0, 0.05) is 5.54 Å². The molecule has 2 heterocycles. The van der Waals surface area contributed by atoms with Gasteiger partial charge in [0.15, 0.2) is 0 Å². The summed E-state index contributed by atoms with van der Waals surface area (Å²) in [6.07, 6.45) is 1.85. The van der Waals surface area contributed by atoms with Crippen molar-refractivity contribution >= 4 is 11.8 Å². The van der Waals surface area contributed by atoms with E-state index >= 15 is 0 Å². The van der Waals surface area contributed by atoms with E-state index in [9.17, 15) is 9.59 Å². The third kappa shape index (κ3) is 2.51. The van der Waals surface area contributed by atoms with E-state index in [4.69, 9.17) is 0 Å². The van der Waals surface area contributed by atoms with Crippen LogP contribution in [0.25, 0.3) is 0 Å². The maximum Gasteiger partial charge on any atom is 0.239 e. The molecule has 2 N–H and O–H groups in total. The Morgan fingerprint density at radius 1 is 1.44 bits per heavy atom. The number of carbonyl (C=O) groups excluding carboxylic acids is 2. The molecule has 0 unspecified atom stereocenters. The predicted octanol–water partition coefficient (Wildman–Crippen LogP) is 0.252. The first-order chi connectivity index (χ1) is 8.29. The molecule has 18 heavy (non-hydrogen) atoms. The van der Waals surface area contributed by atoms with Gasteiger partial charge in [0.1, 0.15) is 6.04 Å². The highest BCUT2D eigenvalue weighted by molar-refractivity contribution is 5.89. The molecule has 0 bridgehead atoms. The number of hydrogen-bond donors (Lipinski definition) is 2. The molecule has 0 saturated carbocycles. The minimum atomic E-state index is -0.243. The molecule has 3 atom stereocenters. The minimum Gasteiger partial charge on any atom is -0.350 e. The second-order valence-corrected chi connectivity index (χ2v) is 6.38. The van der Waals surface area contributed by atoms with E-state index in [2.05, 4.69) is 15.5 Å². The van der Waals surface area contributed by atoms with Crippen LogP contribution in [0.2, 0.25) is 0 Å². The molecular weight excluding hydrogens is 230 g/mol. The molecule has 0 aliphatic carbocycles. The van der Waals surface area contributed by atoms with Gasteiger partial charge in [-0.15, -0.1) is 0 Å². The van der Waals surface area contributed by atoms with Gasteiger partial charge >= 0.3 is 0 Å². The summed E-state index contributed by atoms with van der Waals surface area (Å²) in [4.78, 5) is 26.3. The maximum absolute atomic E-state index is 12.4. The minimum absolute atomic E-state index is 0.0156. The molecular formula is C13H23N3O2. The Bertz CT molecular complexity index is 362. The van der Waals surface area contributed by atoms with Gasteiger partial charge in [-0.25, -0.2) is 0 Å². The summed E-state index contributed by atoms with van der Waals surface area (Å²) >= 11 is 0. The van der Waals surface area contributed by atoms with Crippen LogP contribution in [0.15, 0.2) is 0 Å². The fourth-order valence-electron chi connectivity index (χ4n) is 2.91. The van der Waals surface area contributed by atoms with Crippen LogP contribution in [0.1, 0.15) is 40.5 Å². The molecule has 0 radical (unpaired) electrons. The molecule has 2 aliphatic heterocycles. The number of hydrogen-bond acceptors (Lipinski definition) is 3. The van der Waals surface area contributed by atoms with Crippen molar-refractivity contribution in [2.75, 3.05) is 6.54 Å². The van der Waals surface area contributed by atoms with E-state index in [0.717, 1.165) is 19.4 Å². The largest absolute Gasteiger partial charge is 0.350 e. The third-order valence-corrected chi connectivity index (χ3v) is 3.56. The second-order valence-electron chi connectivity index (χ2n) is 6.38. The molecule has 2 aliphatic rings. The zero-order valence-electron chi connectivity index (χ0n) is 11.6. The summed E-state index contributed by atoms with van der Waals surface area (Å²) < 4.78 is 0. The summed E-state index contributed by atoms with van der Waals surface area (Å²) in [6, 6.07) is -0.486. The third-order valence-electron chi connectivity index (χ3n) is 3.56. The Hall–Kier alpha value is -1.10. The molecule has 2 amide bonds. The van der Waals surface area contributed by atoms with E-state index < -0.39 is 0 Å². The number of nitrogens with one attached hydrogen (secondary N) is 2. The van der Waals surface area contributed by atoms with Gasteiger partial charge in [0.25, 0.3) is 0 Å². The number of carbonyl (C=O) groups is 2. The van der Waals surface area contributed by atoms with Crippen LogP contribution in [0, 0.1) is 0 Å². The van der Waals surface area contributed by atoms with Crippen LogP contribution in [0.4, 0.5) is 0 Å². The van der Waals surface area contributed by atoms with E-state index in [1.54, 1.807) is 0 Å². The van der Waals surface area contributed by atoms with Crippen molar-refractivity contribution in [3.8, 4) is 0 Å². The Labute approximate surface area is 108 Å². The fraction of sp³-hybridized carbons (Fsp3) is 0.846. The van der Waals surface area contributed by atoms with E-state index in [1.807, 2.05) is 27.7 Å². The predicted molar refractivity (Wildman–Crippen MR) is 69.0 cm³/mol. The molecule has 5 nitrogen and oxygen atoms in total. The first kappa shape index (κ1) is 13.3. The van der Waals surface area contributed by atoms with Crippen molar-refractivity contribution in [3.63, 3.8) is 0 Å². The van der Waals surface area contributed by atoms with E-state index in [-0.39, 0.29) is 35.5 Å². The van der Waals surface area contributed by atoms with E-state index in [0.29, 0.717) is 0 Å². The van der Waals surface area contributed by atoms with Crippen LogP contribution in [-0.4, -0.2) is 46.9 Å². The average Bonchev–Trinajstić information content (AvgIpc) is 2.63. The zero-order valence-corrected chi connectivity index (χ0v) is 11.6. The average molecular weight is 253 g/mol. The van der Waals surface area contributed by atoms with E-state index in [1.165, 1.54) is 0 Å². The van der Waals surface area contributed by atoms with Gasteiger partial charge in [-0.05, 0) is 47.1 Å². The Morgan fingerprint density at radius 3 is 2.72 bits per heavy atom. The standard InChI is InChI=1S/C13H23N3O2/c1-8-10(12(18)15-13(2,3)4)16-7-5-6-9(16)11(17)14-8/h8-10H,5-7H2,1-4H3,(H,14,17)(H,15,18)/t8-,9-,10-/m0/s1. The number of rotatable bonds is 1. The van der Waals surface area contributed by atoms with Crippen LogP contribution in [0.5, 0.6) is 0 Å². The molecule has 0 aromatic rings. The van der Waals surface area contributed by atoms with Crippen LogP contribution < -0.4 is 10.6 Å². The Balaban J connectivity index is 2.15. The van der Waals surface area contributed by atoms with Crippen LogP contribution in [0.3, 0.4) is 0 Å². The molecule has 2 saturated heterocycles. The van der Waals surface area contributed by atoms with Crippen molar-refractivity contribution in [1.29, 1.82) is 0 Å². The van der Waals surface area contributed by atoms with Crippen molar-refractivity contribution in [1.82, 2.24) is 15.5 Å². The number of piperazine rings is 1. The second kappa shape index (κ2) is 4.53. The summed E-state index contributed by atoms with van der Waals surface area (Å²) in [5.41, 5.74) is -0.243. The normalized spacial score (nSPS) is 32.9. The number of amides is 2. The van der Waals surface area contributed by atoms with Gasteiger partial charge in [-0.3, -0.25) is 14.5 Å². The summed E-state index contributed by atoms with van der Waals surface area (Å²) in [6.45, 7) is 8.65. The van der Waals surface area contributed by atoms with Crippen molar-refractivity contribution < 1.29 is 9.59 Å². The molecule has 102 valence electrons. The highest BCUT2D eigenvalue weighted by Gasteiger charge is 2.46. The monoisotopic (exact) mass is 253 g/mol. The smallest absolute Gasteiger partial charge is 0.239 e. The zero-order chi connectivity index (χ0) is 13.5. The molecule has 0 spiro atoms. The lowest BCUT2D eigenvalue weighted by molar-refractivity contribution is -0.138. The number of fused-ring (bicyclic) bond motifs is 1. The van der Waals surface area contributed by atoms with Crippen LogP contribution >= 0.6 is 0 Å². The lowest BCUT2D eigenvalue weighted by Gasteiger charge is -2.41. The van der Waals surface area contributed by atoms with Gasteiger partial charge in [-0.2, -0.15) is 0 Å². The topological polar surface area (TPSA) is 61.4 Å². The van der Waals surface area contributed by atoms with Gasteiger partial charge in [-0.1, -0.05) is 0 Å². The summed E-state index contributed by atoms with van der Waals surface area (Å²) in [7, 11) is 0.